The van der Waals surface area contributed by atoms with Gasteiger partial charge in [0.1, 0.15) is 11.4 Å². The van der Waals surface area contributed by atoms with Gasteiger partial charge in [0.15, 0.2) is 0 Å². The van der Waals surface area contributed by atoms with E-state index in [9.17, 15) is 18.1 Å². The van der Waals surface area contributed by atoms with Crippen LogP contribution in [0.15, 0.2) is 65.7 Å². The molecule has 0 saturated carbocycles. The quantitative estimate of drug-likeness (QED) is 0.399. The minimum atomic E-state index is -2.98. The van der Waals surface area contributed by atoms with Crippen molar-refractivity contribution in [2.24, 2.45) is 0 Å². The van der Waals surface area contributed by atoms with Gasteiger partial charge in [0, 0.05) is 44.7 Å². The summed E-state index contributed by atoms with van der Waals surface area (Å²) in [4.78, 5) is 5.32. The zero-order valence-corrected chi connectivity index (χ0v) is 19.0. The molecule has 33 heavy (non-hydrogen) atoms. The van der Waals surface area contributed by atoms with Crippen molar-refractivity contribution >= 4 is 28.0 Å². The molecule has 9 heteroatoms. The fraction of sp³-hybridized carbons (Fsp3) is 0.208. The van der Waals surface area contributed by atoms with Crippen LogP contribution in [-0.2, 0) is 10.8 Å². The summed E-state index contributed by atoms with van der Waals surface area (Å²) in [6.45, 7) is -2.98. The summed E-state index contributed by atoms with van der Waals surface area (Å²) in [6, 6.07) is 15.7. The number of ether oxygens (including phenoxy) is 1. The summed E-state index contributed by atoms with van der Waals surface area (Å²) in [5.74, 6) is -0.411. The molecule has 0 aliphatic heterocycles. The molecule has 4 aromatic rings. The average Bonchev–Trinajstić information content (AvgIpc) is 3.32. The molecular weight excluding hydrogens is 470 g/mol. The first-order chi connectivity index (χ1) is 15.8. The average molecular weight is 489 g/mol. The molecule has 1 N–H and O–H groups in total. The monoisotopic (exact) mass is 488 g/mol. The maximum atomic E-state index is 13.0. The van der Waals surface area contributed by atoms with Gasteiger partial charge >= 0.3 is 6.61 Å². The number of hydrogen-bond acceptors (Lipinski definition) is 4. The molecule has 3 atom stereocenters. The van der Waals surface area contributed by atoms with Gasteiger partial charge in [0.25, 0.3) is 0 Å². The van der Waals surface area contributed by atoms with Crippen LogP contribution in [0.25, 0.3) is 16.8 Å². The van der Waals surface area contributed by atoms with Gasteiger partial charge in [-0.1, -0.05) is 23.7 Å². The smallest absolute Gasteiger partial charge is 0.387 e. The van der Waals surface area contributed by atoms with Crippen molar-refractivity contribution < 1.29 is 22.8 Å². The Morgan fingerprint density at radius 2 is 1.88 bits per heavy atom. The van der Waals surface area contributed by atoms with Gasteiger partial charge in [-0.05, 0) is 60.0 Å². The van der Waals surface area contributed by atoms with E-state index in [1.807, 2.05) is 47.0 Å². The lowest BCUT2D eigenvalue weighted by Gasteiger charge is -2.18. The van der Waals surface area contributed by atoms with E-state index in [2.05, 4.69) is 4.98 Å². The summed E-state index contributed by atoms with van der Waals surface area (Å²) in [6.07, 6.45) is 2.97. The zero-order chi connectivity index (χ0) is 23.3. The number of nitrogens with zero attached hydrogens (tertiary/aromatic N) is 2. The predicted molar refractivity (Wildman–Crippen MR) is 122 cm³/mol. The van der Waals surface area contributed by atoms with E-state index >= 15 is 0 Å². The number of benzene rings is 2. The third kappa shape index (κ3) is 4.03. The summed E-state index contributed by atoms with van der Waals surface area (Å²) in [5.41, 5.74) is 4.16. The van der Waals surface area contributed by atoms with Crippen LogP contribution in [0.1, 0.15) is 35.4 Å². The number of rotatable bonds is 5. The highest BCUT2D eigenvalue weighted by atomic mass is 35.5. The van der Waals surface area contributed by atoms with Crippen molar-refractivity contribution in [3.05, 3.63) is 82.8 Å². The first kappa shape index (κ1) is 22.0. The molecular formula is C24H19ClF2N2O3S. The normalized spacial score (nSPS) is 18.6. The van der Waals surface area contributed by atoms with Crippen molar-refractivity contribution in [3.63, 3.8) is 0 Å². The van der Waals surface area contributed by atoms with Gasteiger partial charge in [0.2, 0.25) is 0 Å². The van der Waals surface area contributed by atoms with Crippen LogP contribution in [0.5, 0.6) is 5.75 Å². The number of pyridine rings is 1. The van der Waals surface area contributed by atoms with Crippen LogP contribution in [0.2, 0.25) is 5.02 Å². The van der Waals surface area contributed by atoms with Gasteiger partial charge in [0.05, 0.1) is 17.5 Å². The Kier molecular flexibility index (Phi) is 5.68. The van der Waals surface area contributed by atoms with Crippen molar-refractivity contribution in [2.75, 3.05) is 6.26 Å². The molecule has 1 unspecified atom stereocenters. The molecule has 0 saturated heterocycles. The van der Waals surface area contributed by atoms with Crippen LogP contribution in [0.4, 0.5) is 8.78 Å². The van der Waals surface area contributed by atoms with Gasteiger partial charge in [-0.15, -0.1) is 0 Å². The molecule has 5 rings (SSSR count). The second kappa shape index (κ2) is 8.52. The fourth-order valence-corrected chi connectivity index (χ4v) is 5.10. The van der Waals surface area contributed by atoms with Gasteiger partial charge in [-0.3, -0.25) is 4.21 Å². The van der Waals surface area contributed by atoms with E-state index in [0.29, 0.717) is 27.6 Å². The van der Waals surface area contributed by atoms with Crippen LogP contribution in [0, 0.1) is 0 Å². The molecule has 0 radical (unpaired) electrons. The topological polar surface area (TPSA) is 63.8 Å². The highest BCUT2D eigenvalue weighted by Crippen LogP contribution is 2.47. The summed E-state index contributed by atoms with van der Waals surface area (Å²) in [5, 5.41) is 11.1. The summed E-state index contributed by atoms with van der Waals surface area (Å²) in [7, 11) is -1.07. The molecule has 0 spiro atoms. The molecule has 2 heterocycles. The maximum absolute atomic E-state index is 13.0. The summed E-state index contributed by atoms with van der Waals surface area (Å²) < 4.78 is 44.4. The number of hydrogen-bond donors (Lipinski definition) is 1. The van der Waals surface area contributed by atoms with E-state index in [0.717, 1.165) is 16.0 Å². The van der Waals surface area contributed by atoms with E-state index < -0.39 is 29.4 Å². The number of halogens is 3. The predicted octanol–water partition coefficient (Wildman–Crippen LogP) is 5.56. The molecule has 0 bridgehead atoms. The first-order valence-corrected chi connectivity index (χ1v) is 12.1. The van der Waals surface area contributed by atoms with Gasteiger partial charge in [-0.2, -0.15) is 8.78 Å². The van der Waals surface area contributed by atoms with E-state index in [4.69, 9.17) is 16.3 Å². The Morgan fingerprint density at radius 1 is 1.15 bits per heavy atom. The number of aliphatic hydroxyl groups is 1. The fourth-order valence-electron chi connectivity index (χ4n) is 4.40. The van der Waals surface area contributed by atoms with Crippen LogP contribution in [-0.4, -0.2) is 31.6 Å². The standard InChI is InChI=1S/C24H19ClF2N2O3S/c1-33(31)16-6-2-13(3-7-16)14-4-9-21-28-22-19(30)11-18(23(22)29(21)12-14)17-10-15(25)5-8-20(17)32-24(26)27/h2-10,12,18-19,24,30H,11H2,1H3/t18-,19-,33?/m1/s1. The number of aromatic nitrogens is 2. The van der Waals surface area contributed by atoms with Crippen molar-refractivity contribution in [1.82, 2.24) is 9.38 Å². The summed E-state index contributed by atoms with van der Waals surface area (Å²) >= 11 is 6.18. The molecule has 1 aliphatic rings. The third-order valence-electron chi connectivity index (χ3n) is 5.87. The second-order valence-electron chi connectivity index (χ2n) is 7.87. The molecule has 1 aliphatic carbocycles. The van der Waals surface area contributed by atoms with Crippen molar-refractivity contribution in [1.29, 1.82) is 0 Å². The lowest BCUT2D eigenvalue weighted by molar-refractivity contribution is -0.0506. The van der Waals surface area contributed by atoms with E-state index in [1.54, 1.807) is 12.3 Å². The largest absolute Gasteiger partial charge is 0.435 e. The Bertz CT molecular complexity index is 1370. The Hall–Kier alpha value is -2.81. The van der Waals surface area contributed by atoms with E-state index in [1.165, 1.54) is 12.1 Å². The van der Waals surface area contributed by atoms with Gasteiger partial charge < -0.3 is 14.2 Å². The molecule has 2 aromatic carbocycles. The molecule has 2 aromatic heterocycles. The lowest BCUT2D eigenvalue weighted by Crippen LogP contribution is -2.08. The molecule has 170 valence electrons. The number of fused-ring (bicyclic) bond motifs is 3. The number of aliphatic hydroxyl groups excluding tert-OH is 1. The molecule has 5 nitrogen and oxygen atoms in total. The van der Waals surface area contributed by atoms with Crippen molar-refractivity contribution in [3.8, 4) is 16.9 Å². The van der Waals surface area contributed by atoms with Crippen LogP contribution < -0.4 is 4.74 Å². The van der Waals surface area contributed by atoms with Crippen molar-refractivity contribution in [2.45, 2.75) is 29.9 Å². The highest BCUT2D eigenvalue weighted by Gasteiger charge is 2.37. The number of imidazole rings is 1. The van der Waals surface area contributed by atoms with Gasteiger partial charge in [-0.25, -0.2) is 4.98 Å². The third-order valence-corrected chi connectivity index (χ3v) is 7.04. The Morgan fingerprint density at radius 3 is 2.58 bits per heavy atom. The first-order valence-electron chi connectivity index (χ1n) is 10.2. The van der Waals surface area contributed by atoms with Crippen LogP contribution in [0.3, 0.4) is 0 Å². The zero-order valence-electron chi connectivity index (χ0n) is 17.4. The maximum Gasteiger partial charge on any atom is 0.387 e. The lowest BCUT2D eigenvalue weighted by atomic mass is 9.95. The van der Waals surface area contributed by atoms with E-state index in [-0.39, 0.29) is 12.2 Å². The SMILES string of the molecule is CS(=O)c1ccc(-c2ccc3nc4c(n3c2)[C@@H](c2cc(Cl)ccc2OC(F)F)C[C@H]4O)cc1. The molecule has 0 amide bonds. The minimum Gasteiger partial charge on any atom is -0.435 e. The number of alkyl halides is 2. The Labute approximate surface area is 196 Å². The minimum absolute atomic E-state index is 0.0220. The Balaban J connectivity index is 1.63. The molecule has 0 fully saturated rings. The second-order valence-corrected chi connectivity index (χ2v) is 9.69. The highest BCUT2D eigenvalue weighted by molar-refractivity contribution is 7.84. The van der Waals surface area contributed by atoms with Crippen LogP contribution >= 0.6 is 11.6 Å².